The Balaban J connectivity index is 2.32. The molecule has 0 aromatic carbocycles. The molecule has 10 heavy (non-hydrogen) atoms. The monoisotopic (exact) mass is 159 g/mol. The summed E-state index contributed by atoms with van der Waals surface area (Å²) < 4.78 is 0. The van der Waals surface area contributed by atoms with Gasteiger partial charge in [0.1, 0.15) is 0 Å². The lowest BCUT2D eigenvalue weighted by atomic mass is 9.91. The summed E-state index contributed by atoms with van der Waals surface area (Å²) in [4.78, 5) is 0. The third kappa shape index (κ3) is 1.89. The zero-order valence-corrected chi connectivity index (χ0v) is 7.66. The lowest BCUT2D eigenvalue weighted by Gasteiger charge is -2.21. The lowest BCUT2D eigenvalue weighted by Crippen LogP contribution is -2.34. The van der Waals surface area contributed by atoms with Gasteiger partial charge in [0.05, 0.1) is 0 Å². The topological polar surface area (TPSA) is 26.0 Å². The molecule has 2 heteroatoms. The van der Waals surface area contributed by atoms with Crippen molar-refractivity contribution >= 4 is 11.8 Å². The van der Waals surface area contributed by atoms with E-state index in [1.807, 2.05) is 11.8 Å². The Hall–Kier alpha value is 0.310. The summed E-state index contributed by atoms with van der Waals surface area (Å²) in [5.41, 5.74) is 6.01. The molecule has 1 nitrogen and oxygen atoms in total. The van der Waals surface area contributed by atoms with Crippen LogP contribution >= 0.6 is 11.8 Å². The van der Waals surface area contributed by atoms with Crippen molar-refractivity contribution in [3.05, 3.63) is 0 Å². The van der Waals surface area contributed by atoms with Crippen LogP contribution in [0.4, 0.5) is 0 Å². The van der Waals surface area contributed by atoms with E-state index in [0.29, 0.717) is 12.0 Å². The average molecular weight is 159 g/mol. The Labute approximate surface area is 67.8 Å². The van der Waals surface area contributed by atoms with Crippen LogP contribution in [0, 0.1) is 11.8 Å². The first kappa shape index (κ1) is 8.41. The van der Waals surface area contributed by atoms with Crippen LogP contribution in [-0.4, -0.2) is 17.5 Å². The smallest absolute Gasteiger partial charge is 0.00985 e. The number of hydrogen-bond donors (Lipinski definition) is 1. The Kier molecular flexibility index (Phi) is 3.05. The van der Waals surface area contributed by atoms with Gasteiger partial charge in [-0.15, -0.1) is 0 Å². The van der Waals surface area contributed by atoms with E-state index in [1.165, 1.54) is 17.9 Å². The van der Waals surface area contributed by atoms with Gasteiger partial charge in [0.2, 0.25) is 0 Å². The van der Waals surface area contributed by atoms with Crippen molar-refractivity contribution in [1.82, 2.24) is 0 Å². The van der Waals surface area contributed by atoms with Gasteiger partial charge in [-0.25, -0.2) is 0 Å². The van der Waals surface area contributed by atoms with Crippen molar-refractivity contribution in [2.24, 2.45) is 17.6 Å². The molecule has 2 atom stereocenters. The van der Waals surface area contributed by atoms with Gasteiger partial charge in [-0.1, -0.05) is 13.8 Å². The predicted molar refractivity (Wildman–Crippen MR) is 48.2 cm³/mol. The SMILES string of the molecule is CC(C)C(N)C1CCSC1. The molecule has 1 aliphatic rings. The van der Waals surface area contributed by atoms with Gasteiger partial charge >= 0.3 is 0 Å². The molecule has 0 aliphatic carbocycles. The van der Waals surface area contributed by atoms with Crippen LogP contribution in [0.3, 0.4) is 0 Å². The fourth-order valence-electron chi connectivity index (χ4n) is 1.40. The molecule has 0 radical (unpaired) electrons. The molecular formula is C8H17NS. The van der Waals surface area contributed by atoms with Gasteiger partial charge < -0.3 is 5.73 Å². The highest BCUT2D eigenvalue weighted by molar-refractivity contribution is 7.99. The maximum Gasteiger partial charge on any atom is 0.00985 e. The van der Waals surface area contributed by atoms with Gasteiger partial charge in [-0.3, -0.25) is 0 Å². The van der Waals surface area contributed by atoms with E-state index >= 15 is 0 Å². The summed E-state index contributed by atoms with van der Waals surface area (Å²) in [5.74, 6) is 4.07. The highest BCUT2D eigenvalue weighted by atomic mass is 32.2. The zero-order valence-electron chi connectivity index (χ0n) is 6.84. The number of hydrogen-bond acceptors (Lipinski definition) is 2. The zero-order chi connectivity index (χ0) is 7.56. The quantitative estimate of drug-likeness (QED) is 0.664. The second-order valence-corrected chi connectivity index (χ2v) is 4.59. The molecule has 2 unspecified atom stereocenters. The molecule has 0 aromatic rings. The number of rotatable bonds is 2. The van der Waals surface area contributed by atoms with Crippen LogP contribution in [0.1, 0.15) is 20.3 Å². The molecule has 0 spiro atoms. The van der Waals surface area contributed by atoms with E-state index in [-0.39, 0.29) is 0 Å². The molecule has 2 N–H and O–H groups in total. The highest BCUT2D eigenvalue weighted by Crippen LogP contribution is 2.27. The van der Waals surface area contributed by atoms with Crippen LogP contribution in [0.5, 0.6) is 0 Å². The van der Waals surface area contributed by atoms with Crippen LogP contribution in [-0.2, 0) is 0 Å². The molecule has 1 aliphatic heterocycles. The van der Waals surface area contributed by atoms with E-state index in [9.17, 15) is 0 Å². The van der Waals surface area contributed by atoms with Gasteiger partial charge in [-0.2, -0.15) is 11.8 Å². The van der Waals surface area contributed by atoms with Crippen LogP contribution in [0.2, 0.25) is 0 Å². The second-order valence-electron chi connectivity index (χ2n) is 3.45. The van der Waals surface area contributed by atoms with Crippen molar-refractivity contribution < 1.29 is 0 Å². The molecule has 1 saturated heterocycles. The molecule has 0 bridgehead atoms. The Morgan fingerprint density at radius 2 is 2.20 bits per heavy atom. The van der Waals surface area contributed by atoms with Crippen LogP contribution in [0.15, 0.2) is 0 Å². The van der Waals surface area contributed by atoms with E-state index in [2.05, 4.69) is 13.8 Å². The Morgan fingerprint density at radius 1 is 1.50 bits per heavy atom. The fraction of sp³-hybridized carbons (Fsp3) is 1.00. The van der Waals surface area contributed by atoms with E-state index in [4.69, 9.17) is 5.73 Å². The summed E-state index contributed by atoms with van der Waals surface area (Å²) in [7, 11) is 0. The molecule has 1 heterocycles. The third-order valence-corrected chi connectivity index (χ3v) is 3.47. The maximum atomic E-state index is 6.01. The molecule has 60 valence electrons. The first-order chi connectivity index (χ1) is 4.72. The normalized spacial score (nSPS) is 29.4. The van der Waals surface area contributed by atoms with E-state index in [1.54, 1.807) is 0 Å². The molecular weight excluding hydrogens is 142 g/mol. The van der Waals surface area contributed by atoms with Crippen molar-refractivity contribution in [3.63, 3.8) is 0 Å². The Bertz CT molecular complexity index is 97.4. The molecule has 0 amide bonds. The summed E-state index contributed by atoms with van der Waals surface area (Å²) in [6.45, 7) is 4.43. The minimum absolute atomic E-state index is 0.440. The minimum atomic E-state index is 0.440. The van der Waals surface area contributed by atoms with Gasteiger partial charge in [-0.05, 0) is 29.8 Å². The van der Waals surface area contributed by atoms with Crippen LogP contribution < -0.4 is 5.73 Å². The molecule has 1 fully saturated rings. The summed E-state index contributed by atoms with van der Waals surface area (Å²) >= 11 is 2.05. The lowest BCUT2D eigenvalue weighted by molar-refractivity contribution is 0.370. The molecule has 0 aromatic heterocycles. The number of nitrogens with two attached hydrogens (primary N) is 1. The molecule has 0 saturated carbocycles. The fourth-order valence-corrected chi connectivity index (χ4v) is 2.73. The van der Waals surface area contributed by atoms with Crippen molar-refractivity contribution in [3.8, 4) is 0 Å². The first-order valence-corrected chi connectivity index (χ1v) is 5.20. The Morgan fingerprint density at radius 3 is 2.60 bits per heavy atom. The summed E-state index contributed by atoms with van der Waals surface area (Å²) in [5, 5.41) is 0. The van der Waals surface area contributed by atoms with Crippen LogP contribution in [0.25, 0.3) is 0 Å². The first-order valence-electron chi connectivity index (χ1n) is 4.05. The summed E-state index contributed by atoms with van der Waals surface area (Å²) in [6, 6.07) is 0.440. The standard InChI is InChI=1S/C8H17NS/c1-6(2)8(9)7-3-4-10-5-7/h6-8H,3-5,9H2,1-2H3. The van der Waals surface area contributed by atoms with Gasteiger partial charge in [0.15, 0.2) is 0 Å². The van der Waals surface area contributed by atoms with Crippen molar-refractivity contribution in [1.29, 1.82) is 0 Å². The van der Waals surface area contributed by atoms with Crippen molar-refractivity contribution in [2.75, 3.05) is 11.5 Å². The second kappa shape index (κ2) is 3.63. The molecule has 1 rings (SSSR count). The van der Waals surface area contributed by atoms with E-state index in [0.717, 1.165) is 5.92 Å². The van der Waals surface area contributed by atoms with Crippen molar-refractivity contribution in [2.45, 2.75) is 26.3 Å². The van der Waals surface area contributed by atoms with Gasteiger partial charge in [0.25, 0.3) is 0 Å². The maximum absolute atomic E-state index is 6.01. The highest BCUT2D eigenvalue weighted by Gasteiger charge is 2.24. The minimum Gasteiger partial charge on any atom is -0.327 e. The predicted octanol–water partition coefficient (Wildman–Crippen LogP) is 1.72. The van der Waals surface area contributed by atoms with Gasteiger partial charge in [0, 0.05) is 6.04 Å². The largest absolute Gasteiger partial charge is 0.327 e. The third-order valence-electron chi connectivity index (χ3n) is 2.28. The average Bonchev–Trinajstić information content (AvgIpc) is 2.36. The number of thioether (sulfide) groups is 1. The summed E-state index contributed by atoms with van der Waals surface area (Å²) in [6.07, 6.45) is 1.34. The van der Waals surface area contributed by atoms with E-state index < -0.39 is 0 Å².